The molecule has 0 aliphatic heterocycles. The first-order chi connectivity index (χ1) is 9.51. The van der Waals surface area contributed by atoms with Gasteiger partial charge in [-0.05, 0) is 49.9 Å². The number of carbonyl (C=O) groups is 1. The first-order valence-corrected chi connectivity index (χ1v) is 7.60. The van der Waals surface area contributed by atoms with Gasteiger partial charge in [-0.25, -0.2) is 4.79 Å². The number of carboxylic acids is 1. The molecule has 1 aromatic rings. The highest BCUT2D eigenvalue weighted by atomic mass is 16.4. The van der Waals surface area contributed by atoms with Gasteiger partial charge < -0.3 is 10.0 Å². The summed E-state index contributed by atoms with van der Waals surface area (Å²) in [5, 5.41) is 9.45. The lowest BCUT2D eigenvalue weighted by Crippen LogP contribution is -2.27. The molecule has 0 fully saturated rings. The molecule has 1 aromatic carbocycles. The maximum atomic E-state index is 11.5. The van der Waals surface area contributed by atoms with Gasteiger partial charge >= 0.3 is 5.97 Å². The number of rotatable bonds is 8. The Labute approximate surface area is 122 Å². The molecule has 0 bridgehead atoms. The molecule has 0 aliphatic rings. The lowest BCUT2D eigenvalue weighted by atomic mass is 10.0. The monoisotopic (exact) mass is 277 g/mol. The van der Waals surface area contributed by atoms with Gasteiger partial charge in [-0.3, -0.25) is 0 Å². The lowest BCUT2D eigenvalue weighted by Gasteiger charge is -2.27. The summed E-state index contributed by atoms with van der Waals surface area (Å²) in [5.41, 5.74) is 3.50. The van der Waals surface area contributed by atoms with E-state index in [1.165, 1.54) is 0 Å². The fraction of sp³-hybridized carbons (Fsp3) is 0.588. The van der Waals surface area contributed by atoms with Crippen molar-refractivity contribution in [2.24, 2.45) is 0 Å². The summed E-state index contributed by atoms with van der Waals surface area (Å²) in [6, 6.07) is 3.84. The van der Waals surface area contributed by atoms with Crippen LogP contribution in [0.2, 0.25) is 0 Å². The van der Waals surface area contributed by atoms with E-state index in [9.17, 15) is 9.90 Å². The highest BCUT2D eigenvalue weighted by Crippen LogP contribution is 2.26. The largest absolute Gasteiger partial charge is 0.478 e. The molecule has 0 aromatic heterocycles. The van der Waals surface area contributed by atoms with Crippen molar-refractivity contribution in [2.75, 3.05) is 18.0 Å². The number of hydrogen-bond donors (Lipinski definition) is 1. The first-order valence-electron chi connectivity index (χ1n) is 7.60. The Morgan fingerprint density at radius 2 is 1.55 bits per heavy atom. The van der Waals surface area contributed by atoms with Crippen LogP contribution in [0.25, 0.3) is 0 Å². The second-order valence-corrected chi connectivity index (χ2v) is 5.45. The highest BCUT2D eigenvalue weighted by molar-refractivity contribution is 5.95. The number of anilines is 1. The summed E-state index contributed by atoms with van der Waals surface area (Å²) in [6.07, 6.45) is 4.43. The summed E-state index contributed by atoms with van der Waals surface area (Å²) >= 11 is 0. The number of aryl methyl sites for hydroxylation is 2. The molecule has 0 saturated heterocycles. The number of unbranched alkanes of at least 4 members (excludes halogenated alkanes) is 2. The predicted molar refractivity (Wildman–Crippen MR) is 84.9 cm³/mol. The normalized spacial score (nSPS) is 10.6. The molecular weight excluding hydrogens is 250 g/mol. The molecule has 20 heavy (non-hydrogen) atoms. The molecule has 1 N–H and O–H groups in total. The molecular formula is C17H27NO2. The van der Waals surface area contributed by atoms with E-state index in [2.05, 4.69) is 18.7 Å². The van der Waals surface area contributed by atoms with E-state index < -0.39 is 5.97 Å². The van der Waals surface area contributed by atoms with Crippen molar-refractivity contribution in [1.82, 2.24) is 0 Å². The Bertz CT molecular complexity index is 447. The van der Waals surface area contributed by atoms with E-state index >= 15 is 0 Å². The fourth-order valence-electron chi connectivity index (χ4n) is 2.28. The van der Waals surface area contributed by atoms with Gasteiger partial charge in [0.25, 0.3) is 0 Å². The molecule has 112 valence electrons. The van der Waals surface area contributed by atoms with Gasteiger partial charge in [-0.15, -0.1) is 0 Å². The maximum absolute atomic E-state index is 11.5. The quantitative estimate of drug-likeness (QED) is 0.765. The zero-order valence-corrected chi connectivity index (χ0v) is 13.2. The molecule has 0 heterocycles. The molecule has 3 heteroatoms. The van der Waals surface area contributed by atoms with E-state index in [-0.39, 0.29) is 0 Å². The Balaban J connectivity index is 3.15. The second-order valence-electron chi connectivity index (χ2n) is 5.45. The van der Waals surface area contributed by atoms with Crippen LogP contribution in [0.15, 0.2) is 12.1 Å². The molecule has 0 atom stereocenters. The molecule has 3 nitrogen and oxygen atoms in total. The summed E-state index contributed by atoms with van der Waals surface area (Å²) in [6.45, 7) is 10.2. The number of benzene rings is 1. The van der Waals surface area contributed by atoms with Crippen molar-refractivity contribution >= 4 is 11.7 Å². The standard InChI is InChI=1S/C17H27NO2/c1-5-7-9-18(10-8-6-2)16-12-14(4)13(3)11-15(16)17(19)20/h11-12H,5-10H2,1-4H3,(H,19,20). The van der Waals surface area contributed by atoms with E-state index in [0.29, 0.717) is 5.56 Å². The van der Waals surface area contributed by atoms with Crippen LogP contribution in [0.5, 0.6) is 0 Å². The minimum atomic E-state index is -0.832. The predicted octanol–water partition coefficient (Wildman–Crippen LogP) is 4.41. The van der Waals surface area contributed by atoms with Crippen molar-refractivity contribution < 1.29 is 9.90 Å². The smallest absolute Gasteiger partial charge is 0.337 e. The highest BCUT2D eigenvalue weighted by Gasteiger charge is 2.17. The Morgan fingerprint density at radius 1 is 1.05 bits per heavy atom. The van der Waals surface area contributed by atoms with E-state index in [0.717, 1.165) is 55.6 Å². The third-order valence-electron chi connectivity index (χ3n) is 3.75. The second kappa shape index (κ2) is 7.93. The summed E-state index contributed by atoms with van der Waals surface area (Å²) in [7, 11) is 0. The van der Waals surface area contributed by atoms with Crippen LogP contribution in [0.4, 0.5) is 5.69 Å². The molecule has 0 aliphatic carbocycles. The van der Waals surface area contributed by atoms with Crippen molar-refractivity contribution in [2.45, 2.75) is 53.4 Å². The summed E-state index contributed by atoms with van der Waals surface area (Å²) in [4.78, 5) is 13.7. The van der Waals surface area contributed by atoms with E-state index in [1.54, 1.807) is 6.07 Å². The molecule has 0 spiro atoms. The van der Waals surface area contributed by atoms with Crippen LogP contribution in [0, 0.1) is 13.8 Å². The van der Waals surface area contributed by atoms with Gasteiger partial charge in [0.1, 0.15) is 0 Å². The topological polar surface area (TPSA) is 40.5 Å². The van der Waals surface area contributed by atoms with Gasteiger partial charge in [-0.2, -0.15) is 0 Å². The van der Waals surface area contributed by atoms with Crippen molar-refractivity contribution in [3.63, 3.8) is 0 Å². The fourth-order valence-corrected chi connectivity index (χ4v) is 2.28. The zero-order valence-electron chi connectivity index (χ0n) is 13.2. The van der Waals surface area contributed by atoms with E-state index in [1.807, 2.05) is 19.9 Å². The van der Waals surface area contributed by atoms with Crippen LogP contribution in [0.3, 0.4) is 0 Å². The van der Waals surface area contributed by atoms with Crippen molar-refractivity contribution in [3.05, 3.63) is 28.8 Å². The number of nitrogens with zero attached hydrogens (tertiary/aromatic N) is 1. The van der Waals surface area contributed by atoms with Crippen LogP contribution in [-0.4, -0.2) is 24.2 Å². The van der Waals surface area contributed by atoms with Gasteiger partial charge in [0.15, 0.2) is 0 Å². The minimum absolute atomic E-state index is 0.431. The Morgan fingerprint density at radius 3 is 2.00 bits per heavy atom. The third kappa shape index (κ3) is 4.26. The third-order valence-corrected chi connectivity index (χ3v) is 3.75. The van der Waals surface area contributed by atoms with Gasteiger partial charge in [0.05, 0.1) is 11.3 Å². The average Bonchev–Trinajstić information content (AvgIpc) is 2.41. The summed E-state index contributed by atoms with van der Waals surface area (Å²) in [5.74, 6) is -0.832. The van der Waals surface area contributed by atoms with Crippen LogP contribution >= 0.6 is 0 Å². The van der Waals surface area contributed by atoms with E-state index in [4.69, 9.17) is 0 Å². The minimum Gasteiger partial charge on any atom is -0.478 e. The van der Waals surface area contributed by atoms with Crippen molar-refractivity contribution in [1.29, 1.82) is 0 Å². The molecule has 0 amide bonds. The van der Waals surface area contributed by atoms with Crippen molar-refractivity contribution in [3.8, 4) is 0 Å². The Kier molecular flexibility index (Phi) is 6.56. The first kappa shape index (κ1) is 16.5. The SMILES string of the molecule is CCCCN(CCCC)c1cc(C)c(C)cc1C(=O)O. The molecule has 0 saturated carbocycles. The van der Waals surface area contributed by atoms with Gasteiger partial charge in [-0.1, -0.05) is 26.7 Å². The number of aromatic carboxylic acids is 1. The van der Waals surface area contributed by atoms with Gasteiger partial charge in [0.2, 0.25) is 0 Å². The maximum Gasteiger partial charge on any atom is 0.337 e. The summed E-state index contributed by atoms with van der Waals surface area (Å²) < 4.78 is 0. The zero-order chi connectivity index (χ0) is 15.1. The van der Waals surface area contributed by atoms with Gasteiger partial charge in [0, 0.05) is 13.1 Å². The lowest BCUT2D eigenvalue weighted by molar-refractivity contribution is 0.0697. The molecule has 0 radical (unpaired) electrons. The van der Waals surface area contributed by atoms with Crippen LogP contribution in [0.1, 0.15) is 61.0 Å². The number of hydrogen-bond acceptors (Lipinski definition) is 2. The van der Waals surface area contributed by atoms with Crippen LogP contribution < -0.4 is 4.90 Å². The Hall–Kier alpha value is -1.51. The van der Waals surface area contributed by atoms with Crippen LogP contribution in [-0.2, 0) is 0 Å². The molecule has 0 unspecified atom stereocenters. The average molecular weight is 277 g/mol. The number of carboxylic acid groups (broad SMARTS) is 1. The molecule has 1 rings (SSSR count).